The number of hydrogen-bond acceptors (Lipinski definition) is 5. The van der Waals surface area contributed by atoms with Gasteiger partial charge in [-0.05, 0) is 52.3 Å². The average molecular weight is 414 g/mol. The molecule has 0 saturated heterocycles. The minimum absolute atomic E-state index is 0.0185. The average Bonchev–Trinajstić information content (AvgIpc) is 2.50. The Kier molecular flexibility index (Phi) is 7.86. The van der Waals surface area contributed by atoms with Crippen molar-refractivity contribution in [2.24, 2.45) is 0 Å². The van der Waals surface area contributed by atoms with E-state index in [1.807, 2.05) is 0 Å². The van der Waals surface area contributed by atoms with Crippen molar-refractivity contribution in [3.05, 3.63) is 35.6 Å². The van der Waals surface area contributed by atoms with Crippen LogP contribution in [0.25, 0.3) is 0 Å². The molecule has 0 aromatic heterocycles. The Morgan fingerprint density at radius 3 is 2.07 bits per heavy atom. The van der Waals surface area contributed by atoms with E-state index in [0.717, 1.165) is 0 Å². The zero-order valence-corrected chi connectivity index (χ0v) is 17.5. The Bertz CT molecular complexity index is 711. The number of carbonyl (C=O) groups excluding carboxylic acids is 2. The fraction of sp³-hybridized carbons (Fsp3) is 0.526. The number of carbonyl (C=O) groups is 3. The molecule has 0 fully saturated rings. The molecule has 0 heterocycles. The number of aliphatic carboxylic acids is 1. The molecule has 0 saturated carbocycles. The minimum Gasteiger partial charge on any atom is -0.480 e. The summed E-state index contributed by atoms with van der Waals surface area (Å²) in [5.41, 5.74) is -0.202. The number of benzene rings is 1. The molecule has 28 heavy (non-hydrogen) atoms. The van der Waals surface area contributed by atoms with Crippen LogP contribution in [0.1, 0.15) is 40.2 Å². The predicted octanol–water partition coefficient (Wildman–Crippen LogP) is 2.54. The van der Waals surface area contributed by atoms with Crippen LogP contribution in [0.15, 0.2) is 24.3 Å². The third-order valence-electron chi connectivity index (χ3n) is 3.60. The van der Waals surface area contributed by atoms with Gasteiger partial charge in [-0.1, -0.05) is 12.1 Å². The Balaban J connectivity index is 3.03. The standard InChI is InChI=1S/C19H27FN2O5S/c1-18(2,3)27-17(26)21-13(10-11-6-8-12(20)9-7-11)15(23)22-14(16(24)25)19(4,5)28/h6-9,13-14,28H,10H2,1-5H3,(H,21,26)(H,22,23)(H,24,25)/t13-,14-/m0/s1. The summed E-state index contributed by atoms with van der Waals surface area (Å²) >= 11 is 4.22. The lowest BCUT2D eigenvalue weighted by Gasteiger charge is -2.29. The molecule has 0 radical (unpaired) electrons. The fourth-order valence-electron chi connectivity index (χ4n) is 2.30. The van der Waals surface area contributed by atoms with Crippen LogP contribution in [0.2, 0.25) is 0 Å². The first-order valence-electron chi connectivity index (χ1n) is 8.68. The Labute approximate surface area is 169 Å². The molecule has 1 aromatic rings. The highest BCUT2D eigenvalue weighted by Crippen LogP contribution is 2.18. The van der Waals surface area contributed by atoms with E-state index in [-0.39, 0.29) is 6.42 Å². The SMILES string of the molecule is CC(C)(C)OC(=O)N[C@@H](Cc1ccc(F)cc1)C(=O)N[C@@H](C(=O)O)C(C)(C)S. The smallest absolute Gasteiger partial charge is 0.408 e. The van der Waals surface area contributed by atoms with E-state index in [0.29, 0.717) is 5.56 Å². The van der Waals surface area contributed by atoms with Gasteiger partial charge in [0, 0.05) is 11.2 Å². The molecule has 9 heteroatoms. The number of halogens is 1. The van der Waals surface area contributed by atoms with Gasteiger partial charge in [-0.2, -0.15) is 12.6 Å². The molecular formula is C19H27FN2O5S. The third-order valence-corrected chi connectivity index (χ3v) is 3.86. The number of nitrogens with one attached hydrogen (secondary N) is 2. The van der Waals surface area contributed by atoms with Gasteiger partial charge in [0.2, 0.25) is 5.91 Å². The van der Waals surface area contributed by atoms with Gasteiger partial charge >= 0.3 is 12.1 Å². The van der Waals surface area contributed by atoms with Crippen LogP contribution in [-0.4, -0.2) is 45.5 Å². The molecule has 7 nitrogen and oxygen atoms in total. The van der Waals surface area contributed by atoms with Crippen molar-refractivity contribution in [1.82, 2.24) is 10.6 Å². The van der Waals surface area contributed by atoms with E-state index in [9.17, 15) is 23.9 Å². The highest BCUT2D eigenvalue weighted by atomic mass is 32.1. The van der Waals surface area contributed by atoms with Crippen LogP contribution >= 0.6 is 12.6 Å². The first kappa shape index (κ1) is 23.7. The number of carboxylic acid groups (broad SMARTS) is 1. The van der Waals surface area contributed by atoms with Gasteiger partial charge in [-0.25, -0.2) is 14.0 Å². The van der Waals surface area contributed by atoms with Gasteiger partial charge in [0.1, 0.15) is 23.5 Å². The molecule has 156 valence electrons. The second-order valence-electron chi connectivity index (χ2n) is 7.96. The summed E-state index contributed by atoms with van der Waals surface area (Å²) in [7, 11) is 0. The molecule has 0 aliphatic carbocycles. The molecule has 0 aliphatic rings. The first-order valence-corrected chi connectivity index (χ1v) is 9.13. The lowest BCUT2D eigenvalue weighted by Crippen LogP contribution is -2.57. The second-order valence-corrected chi connectivity index (χ2v) is 9.12. The number of hydrogen-bond donors (Lipinski definition) is 4. The van der Waals surface area contributed by atoms with Crippen molar-refractivity contribution < 1.29 is 28.6 Å². The summed E-state index contributed by atoms with van der Waals surface area (Å²) < 4.78 is 17.3. The predicted molar refractivity (Wildman–Crippen MR) is 106 cm³/mol. The molecule has 1 aromatic carbocycles. The van der Waals surface area contributed by atoms with Crippen molar-refractivity contribution in [1.29, 1.82) is 0 Å². The van der Waals surface area contributed by atoms with E-state index in [2.05, 4.69) is 23.3 Å². The van der Waals surface area contributed by atoms with Crippen LogP contribution in [0.3, 0.4) is 0 Å². The summed E-state index contributed by atoms with van der Waals surface area (Å²) in [6.07, 6.45) is -0.809. The second kappa shape index (κ2) is 9.27. The number of carboxylic acids is 1. The van der Waals surface area contributed by atoms with Crippen LogP contribution in [0, 0.1) is 5.82 Å². The van der Waals surface area contributed by atoms with Crippen molar-refractivity contribution in [3.63, 3.8) is 0 Å². The lowest BCUT2D eigenvalue weighted by molar-refractivity contribution is -0.142. The van der Waals surface area contributed by atoms with E-state index in [4.69, 9.17) is 4.74 Å². The molecule has 2 atom stereocenters. The maximum Gasteiger partial charge on any atom is 0.408 e. The van der Waals surface area contributed by atoms with Crippen molar-refractivity contribution in [2.75, 3.05) is 0 Å². The number of ether oxygens (including phenoxy) is 1. The summed E-state index contributed by atoms with van der Waals surface area (Å²) in [5.74, 6) is -2.41. The summed E-state index contributed by atoms with van der Waals surface area (Å²) in [5, 5.41) is 14.2. The Morgan fingerprint density at radius 1 is 1.11 bits per heavy atom. The van der Waals surface area contributed by atoms with E-state index in [1.54, 1.807) is 34.6 Å². The Hall–Kier alpha value is -2.29. The normalized spacial score (nSPS) is 14.0. The van der Waals surface area contributed by atoms with Crippen LogP contribution < -0.4 is 10.6 Å². The first-order chi connectivity index (χ1) is 12.7. The molecule has 0 unspecified atom stereocenters. The summed E-state index contributed by atoms with van der Waals surface area (Å²) in [6.45, 7) is 8.11. The number of alkyl carbamates (subject to hydrolysis) is 1. The Morgan fingerprint density at radius 2 is 1.64 bits per heavy atom. The zero-order valence-electron chi connectivity index (χ0n) is 16.6. The van der Waals surface area contributed by atoms with Gasteiger partial charge in [0.15, 0.2) is 0 Å². The van der Waals surface area contributed by atoms with Gasteiger partial charge in [0.25, 0.3) is 0 Å². The molecule has 0 spiro atoms. The van der Waals surface area contributed by atoms with Crippen LogP contribution in [0.5, 0.6) is 0 Å². The number of thiol groups is 1. The van der Waals surface area contributed by atoms with Gasteiger partial charge in [-0.15, -0.1) is 0 Å². The maximum absolute atomic E-state index is 13.1. The lowest BCUT2D eigenvalue weighted by atomic mass is 10.0. The topological polar surface area (TPSA) is 105 Å². The van der Waals surface area contributed by atoms with Gasteiger partial charge < -0.3 is 20.5 Å². The highest BCUT2D eigenvalue weighted by Gasteiger charge is 2.36. The largest absolute Gasteiger partial charge is 0.480 e. The fourth-order valence-corrected chi connectivity index (χ4v) is 2.47. The van der Waals surface area contributed by atoms with E-state index in [1.165, 1.54) is 24.3 Å². The van der Waals surface area contributed by atoms with Crippen LogP contribution in [0.4, 0.5) is 9.18 Å². The summed E-state index contributed by atoms with van der Waals surface area (Å²) in [4.78, 5) is 36.3. The number of amides is 2. The van der Waals surface area contributed by atoms with Gasteiger partial charge in [0.05, 0.1) is 0 Å². The van der Waals surface area contributed by atoms with Crippen molar-refractivity contribution in [2.45, 2.75) is 63.5 Å². The van der Waals surface area contributed by atoms with Crippen molar-refractivity contribution in [3.8, 4) is 0 Å². The van der Waals surface area contributed by atoms with Crippen molar-refractivity contribution >= 4 is 30.6 Å². The monoisotopic (exact) mass is 414 g/mol. The minimum atomic E-state index is -1.29. The molecular weight excluding hydrogens is 387 g/mol. The maximum atomic E-state index is 13.1. The van der Waals surface area contributed by atoms with Crippen LogP contribution in [-0.2, 0) is 20.7 Å². The number of rotatable bonds is 7. The third kappa shape index (κ3) is 8.16. The quantitative estimate of drug-likeness (QED) is 0.513. The molecule has 1 rings (SSSR count). The zero-order chi connectivity index (χ0) is 21.7. The van der Waals surface area contributed by atoms with E-state index >= 15 is 0 Å². The molecule has 0 bridgehead atoms. The molecule has 0 aliphatic heterocycles. The molecule has 3 N–H and O–H groups in total. The highest BCUT2D eigenvalue weighted by molar-refractivity contribution is 7.81. The van der Waals surface area contributed by atoms with E-state index < -0.39 is 46.2 Å². The molecule has 2 amide bonds. The van der Waals surface area contributed by atoms with Gasteiger partial charge in [-0.3, -0.25) is 4.79 Å². The summed E-state index contributed by atoms with van der Waals surface area (Å²) in [6, 6.07) is 2.99.